The topological polar surface area (TPSA) is 38.7 Å². The zero-order valence-corrected chi connectivity index (χ0v) is 16.5. The molecule has 0 unspecified atom stereocenters. The van der Waals surface area contributed by atoms with Crippen LogP contribution in [0.15, 0.2) is 66.0 Å². The molecule has 0 fully saturated rings. The first-order chi connectivity index (χ1) is 11.3. The Kier molecular flexibility index (Phi) is 14.9. The van der Waals surface area contributed by atoms with E-state index in [2.05, 4.69) is 0 Å². The van der Waals surface area contributed by atoms with Crippen LogP contribution in [0.25, 0.3) is 0 Å². The van der Waals surface area contributed by atoms with Crippen LogP contribution in [-0.2, 0) is 26.5 Å². The van der Waals surface area contributed by atoms with E-state index in [1.54, 1.807) is 14.2 Å². The third-order valence-electron chi connectivity index (χ3n) is 3.38. The Morgan fingerprint density at radius 2 is 1.71 bits per heavy atom. The molecule has 2 radical (unpaired) electrons. The molecule has 0 saturated carbocycles. The number of ether oxygens (including phenoxy) is 2. The number of aliphatic hydroxyl groups excluding tert-OH is 1. The third-order valence-corrected chi connectivity index (χ3v) is 4.83. The van der Waals surface area contributed by atoms with Gasteiger partial charge in [-0.05, 0) is 6.42 Å². The van der Waals surface area contributed by atoms with Crippen LogP contribution in [0.1, 0.15) is 25.7 Å². The van der Waals surface area contributed by atoms with Crippen molar-refractivity contribution < 1.29 is 31.6 Å². The van der Waals surface area contributed by atoms with Crippen LogP contribution in [0.4, 0.5) is 0 Å². The van der Waals surface area contributed by atoms with Gasteiger partial charge in [-0.2, -0.15) is 18.2 Å². The van der Waals surface area contributed by atoms with E-state index in [0.717, 1.165) is 37.3 Å². The van der Waals surface area contributed by atoms with E-state index < -0.39 is 0 Å². The molecule has 1 aromatic carbocycles. The van der Waals surface area contributed by atoms with Gasteiger partial charge in [0.15, 0.2) is 0 Å². The van der Waals surface area contributed by atoms with Gasteiger partial charge < -0.3 is 14.6 Å². The number of methoxy groups -OCH3 is 2. The van der Waals surface area contributed by atoms with Gasteiger partial charge in [-0.1, -0.05) is 43.2 Å². The van der Waals surface area contributed by atoms with E-state index in [9.17, 15) is 5.11 Å². The Bertz CT molecular complexity index is 446. The molecule has 24 heavy (non-hydrogen) atoms. The molecule has 0 bridgehead atoms. The van der Waals surface area contributed by atoms with Gasteiger partial charge in [0.1, 0.15) is 15.4 Å². The van der Waals surface area contributed by atoms with Crippen molar-refractivity contribution in [1.82, 2.24) is 0 Å². The molecule has 0 aliphatic heterocycles. The van der Waals surface area contributed by atoms with Crippen molar-refractivity contribution in [3.05, 3.63) is 66.0 Å². The predicted molar refractivity (Wildman–Crippen MR) is 96.8 cm³/mol. The minimum atomic E-state index is -0.0470. The van der Waals surface area contributed by atoms with Crippen molar-refractivity contribution in [3.63, 3.8) is 0 Å². The van der Waals surface area contributed by atoms with E-state index in [-0.39, 0.29) is 23.0 Å². The van der Waals surface area contributed by atoms with E-state index >= 15 is 0 Å². The second-order valence-electron chi connectivity index (χ2n) is 5.15. The summed E-state index contributed by atoms with van der Waals surface area (Å²) >= 11 is 0. The molecule has 1 aliphatic rings. The van der Waals surface area contributed by atoms with Gasteiger partial charge in [0, 0.05) is 43.3 Å². The molecular weight excluding hydrogens is 360 g/mol. The monoisotopic (exact) mass is 387 g/mol. The van der Waals surface area contributed by atoms with Gasteiger partial charge in [0.25, 0.3) is 0 Å². The summed E-state index contributed by atoms with van der Waals surface area (Å²) in [6.45, 7) is 0. The normalized spacial score (nSPS) is 12.0. The summed E-state index contributed by atoms with van der Waals surface area (Å²) in [5.74, 6) is 0.461. The van der Waals surface area contributed by atoms with Gasteiger partial charge >= 0.3 is 0 Å². The van der Waals surface area contributed by atoms with E-state index in [1.807, 2.05) is 54.6 Å². The van der Waals surface area contributed by atoms with Crippen LogP contribution in [0, 0.1) is 0 Å². The molecule has 0 aromatic heterocycles. The molecule has 134 valence electrons. The van der Waals surface area contributed by atoms with Gasteiger partial charge in [0.05, 0.1) is 5.76 Å². The first kappa shape index (κ1) is 23.0. The minimum absolute atomic E-state index is 0. The van der Waals surface area contributed by atoms with Crippen molar-refractivity contribution in [2.75, 3.05) is 14.2 Å². The summed E-state index contributed by atoms with van der Waals surface area (Å²) in [7, 11) is 4.04. The van der Waals surface area contributed by atoms with Crippen LogP contribution in [0.5, 0.6) is 0 Å². The maximum atomic E-state index is 9.81. The van der Waals surface area contributed by atoms with Crippen molar-refractivity contribution in [2.24, 2.45) is 0 Å². The quantitative estimate of drug-likeness (QED) is 0.222. The summed E-state index contributed by atoms with van der Waals surface area (Å²) in [5, 5.41) is 9.81. The fourth-order valence-electron chi connectivity index (χ4n) is 2.11. The van der Waals surface area contributed by atoms with Crippen LogP contribution in [0.2, 0.25) is 6.04 Å². The Morgan fingerprint density at radius 3 is 2.21 bits per heavy atom. The van der Waals surface area contributed by atoms with Crippen LogP contribution in [-0.4, -0.2) is 34.8 Å². The molecule has 2 rings (SSSR count). The number of unbranched alkanes of at least 4 members (excludes halogenated alkanes) is 2. The standard InChI is InChI=1S/C14H22O3Si.C5H5.Fe/c1-16-14(17-2)18-11-7-3-4-10-13(15)12-8-5-6-9-12;1-2-4-5-3-1;/h5-6,8-9,14-15H,3-4,7,10-11H2,1-2H3;1-5H;/q;-1;. The molecule has 0 heterocycles. The first-order valence-electron chi connectivity index (χ1n) is 8.00. The van der Waals surface area contributed by atoms with Crippen LogP contribution < -0.4 is 0 Å². The molecule has 0 spiro atoms. The fourth-order valence-corrected chi connectivity index (χ4v) is 3.13. The summed E-state index contributed by atoms with van der Waals surface area (Å²) in [4.78, 5) is 0. The fraction of sp³-hybridized carbons (Fsp3) is 0.421. The number of hydrogen-bond acceptors (Lipinski definition) is 3. The van der Waals surface area contributed by atoms with Gasteiger partial charge in [0.2, 0.25) is 0 Å². The zero-order chi connectivity index (χ0) is 16.8. The number of hydrogen-bond donors (Lipinski definition) is 1. The first-order valence-corrected chi connectivity index (χ1v) is 9.29. The summed E-state index contributed by atoms with van der Waals surface area (Å²) in [6, 6.07) is 11.1. The summed E-state index contributed by atoms with van der Waals surface area (Å²) in [6.07, 6.45) is 11.9. The average Bonchev–Trinajstić information content (AvgIpc) is 3.29. The van der Waals surface area contributed by atoms with Crippen molar-refractivity contribution in [2.45, 2.75) is 37.6 Å². The maximum Gasteiger partial charge on any atom is 0.136 e. The Labute approximate surface area is 159 Å². The van der Waals surface area contributed by atoms with Crippen LogP contribution >= 0.6 is 0 Å². The molecule has 1 aliphatic carbocycles. The molecule has 1 aromatic rings. The average molecular weight is 387 g/mol. The second kappa shape index (κ2) is 15.5. The van der Waals surface area contributed by atoms with E-state index in [4.69, 9.17) is 9.47 Å². The van der Waals surface area contributed by atoms with Crippen molar-refractivity contribution >= 4 is 9.52 Å². The molecule has 0 atom stereocenters. The Hall–Kier alpha value is -0.974. The maximum absolute atomic E-state index is 9.81. The Morgan fingerprint density at radius 1 is 1.08 bits per heavy atom. The molecule has 3 nitrogen and oxygen atoms in total. The molecule has 0 saturated heterocycles. The molecular formula is C19H27FeO3Si-. The molecule has 5 heteroatoms. The number of rotatable bonds is 9. The second-order valence-corrected chi connectivity index (χ2v) is 6.53. The van der Waals surface area contributed by atoms with Gasteiger partial charge in [-0.25, -0.2) is 12.1 Å². The SMILES string of the molecule is COC(OC)[Si]CCCCCC(O)=C1C=CC=C1.[Fe].c1cc[cH-]c1. The van der Waals surface area contributed by atoms with Crippen LogP contribution in [0.3, 0.4) is 0 Å². The third kappa shape index (κ3) is 10.7. The predicted octanol–water partition coefficient (Wildman–Crippen LogP) is 4.59. The van der Waals surface area contributed by atoms with E-state index in [1.165, 1.54) is 0 Å². The number of aliphatic hydroxyl groups is 1. The smallest absolute Gasteiger partial charge is 0.136 e. The van der Waals surface area contributed by atoms with E-state index in [0.29, 0.717) is 15.3 Å². The molecule has 1 N–H and O–H groups in total. The zero-order valence-electron chi connectivity index (χ0n) is 14.4. The number of allylic oxidation sites excluding steroid dienone is 6. The largest absolute Gasteiger partial charge is 0.512 e. The summed E-state index contributed by atoms with van der Waals surface area (Å²) < 4.78 is 10.3. The summed E-state index contributed by atoms with van der Waals surface area (Å²) in [5.41, 5.74) is 0.954. The van der Waals surface area contributed by atoms with Gasteiger partial charge in [-0.3, -0.25) is 0 Å². The Balaban J connectivity index is 0.000000751. The molecule has 0 amide bonds. The van der Waals surface area contributed by atoms with Crippen molar-refractivity contribution in [3.8, 4) is 0 Å². The van der Waals surface area contributed by atoms with Gasteiger partial charge in [-0.15, -0.1) is 0 Å². The van der Waals surface area contributed by atoms with Crippen molar-refractivity contribution in [1.29, 1.82) is 0 Å². The minimum Gasteiger partial charge on any atom is -0.512 e.